The summed E-state index contributed by atoms with van der Waals surface area (Å²) in [7, 11) is 1.10. The maximum absolute atomic E-state index is 13.0. The molecule has 2 heterocycles. The number of piperidine rings is 1. The van der Waals surface area contributed by atoms with E-state index >= 15 is 0 Å². The molecule has 1 aromatic carbocycles. The molecule has 0 aromatic heterocycles. The van der Waals surface area contributed by atoms with Crippen LogP contribution in [0.2, 0.25) is 0 Å². The number of amides is 1. The summed E-state index contributed by atoms with van der Waals surface area (Å²) in [6.45, 7) is 4.62. The summed E-state index contributed by atoms with van der Waals surface area (Å²) >= 11 is 0. The lowest BCUT2D eigenvalue weighted by atomic mass is 9.88. The maximum atomic E-state index is 13.0. The summed E-state index contributed by atoms with van der Waals surface area (Å²) in [5, 5.41) is 3.14. The molecule has 2 aliphatic rings. The summed E-state index contributed by atoms with van der Waals surface area (Å²) < 4.78 is 38.8. The van der Waals surface area contributed by atoms with Crippen LogP contribution in [0.1, 0.15) is 44.7 Å². The molecule has 2 atom stereocenters. The molecule has 2 aliphatic heterocycles. The fourth-order valence-electron chi connectivity index (χ4n) is 3.97. The highest BCUT2D eigenvalue weighted by Gasteiger charge is 2.38. The third-order valence-corrected chi connectivity index (χ3v) is 7.44. The van der Waals surface area contributed by atoms with Crippen LogP contribution in [-0.2, 0) is 15.0 Å². The lowest BCUT2D eigenvalue weighted by Crippen LogP contribution is -2.50. The van der Waals surface area contributed by atoms with Crippen LogP contribution in [0.5, 0.6) is 11.5 Å². The number of hydrogen-bond acceptors (Lipinski definition) is 5. The largest absolute Gasteiger partial charge is 0.497 e. The first-order valence-electron chi connectivity index (χ1n) is 9.88. The molecule has 0 bridgehead atoms. The van der Waals surface area contributed by atoms with E-state index in [4.69, 9.17) is 9.47 Å². The molecule has 8 nitrogen and oxygen atoms in total. The number of fused-ring (bicyclic) bond motifs is 1. The van der Waals surface area contributed by atoms with Crippen molar-refractivity contribution in [2.45, 2.75) is 44.8 Å². The molecule has 162 valence electrons. The van der Waals surface area contributed by atoms with E-state index in [1.807, 2.05) is 32.0 Å². The van der Waals surface area contributed by atoms with Crippen LogP contribution in [0.15, 0.2) is 18.2 Å². The van der Waals surface area contributed by atoms with E-state index in [0.717, 1.165) is 5.56 Å². The van der Waals surface area contributed by atoms with Crippen LogP contribution in [0.3, 0.4) is 0 Å². The Hall–Kier alpha value is -1.84. The molecule has 1 amide bonds. The van der Waals surface area contributed by atoms with Crippen LogP contribution >= 0.6 is 0 Å². The van der Waals surface area contributed by atoms with Crippen molar-refractivity contribution in [1.82, 2.24) is 13.9 Å². The first kappa shape index (κ1) is 21.9. The van der Waals surface area contributed by atoms with Crippen molar-refractivity contribution < 1.29 is 22.7 Å². The number of carbonyl (C=O) groups excluding carboxylic acids is 1. The van der Waals surface area contributed by atoms with Gasteiger partial charge in [0.2, 0.25) is 5.91 Å². The fourth-order valence-corrected chi connectivity index (χ4v) is 5.16. The van der Waals surface area contributed by atoms with E-state index in [0.29, 0.717) is 37.3 Å². The van der Waals surface area contributed by atoms with E-state index in [-0.39, 0.29) is 24.4 Å². The van der Waals surface area contributed by atoms with E-state index in [1.165, 1.54) is 22.7 Å². The molecule has 0 radical (unpaired) electrons. The predicted octanol–water partition coefficient (Wildman–Crippen LogP) is 1.93. The number of ether oxygens (including phenoxy) is 2. The summed E-state index contributed by atoms with van der Waals surface area (Å²) in [5.41, 5.74) is 0.469. The Morgan fingerprint density at radius 2 is 2.07 bits per heavy atom. The Morgan fingerprint density at radius 1 is 1.34 bits per heavy atom. The minimum atomic E-state index is -3.52. The van der Waals surface area contributed by atoms with Gasteiger partial charge in [-0.3, -0.25) is 4.79 Å². The zero-order valence-corrected chi connectivity index (χ0v) is 18.6. The van der Waals surface area contributed by atoms with Crippen molar-refractivity contribution in [3.63, 3.8) is 0 Å². The lowest BCUT2D eigenvalue weighted by Gasteiger charge is -2.39. The van der Waals surface area contributed by atoms with Crippen LogP contribution < -0.4 is 14.8 Å². The molecule has 0 aliphatic carbocycles. The predicted molar refractivity (Wildman–Crippen MR) is 110 cm³/mol. The second-order valence-corrected chi connectivity index (χ2v) is 10.7. The number of carbonyl (C=O) groups is 1. The molecule has 3 rings (SSSR count). The molecule has 0 unspecified atom stereocenters. The SMILES string of the molecule is COc1ccc2c(c1)OC(C)(C)C[C@@H]2NC(=O)[C@H]1CCCN(S(=O)(=O)N(C)C)C1. The lowest BCUT2D eigenvalue weighted by molar-refractivity contribution is -0.127. The first-order valence-corrected chi connectivity index (χ1v) is 11.3. The second-order valence-electron chi connectivity index (χ2n) is 8.52. The van der Waals surface area contributed by atoms with Crippen LogP contribution in [0, 0.1) is 5.92 Å². The van der Waals surface area contributed by atoms with Crippen molar-refractivity contribution in [3.05, 3.63) is 23.8 Å². The van der Waals surface area contributed by atoms with Gasteiger partial charge in [-0.2, -0.15) is 17.0 Å². The van der Waals surface area contributed by atoms with Gasteiger partial charge in [-0.15, -0.1) is 0 Å². The molecule has 1 N–H and O–H groups in total. The second kappa shape index (κ2) is 8.12. The number of nitrogens with zero attached hydrogens (tertiary/aromatic N) is 2. The first-order chi connectivity index (χ1) is 13.5. The Bertz CT molecular complexity index is 869. The normalized spacial score (nSPS) is 24.5. The minimum absolute atomic E-state index is 0.117. The molecule has 9 heteroatoms. The highest BCUT2D eigenvalue weighted by atomic mass is 32.2. The van der Waals surface area contributed by atoms with E-state index in [2.05, 4.69) is 5.32 Å². The van der Waals surface area contributed by atoms with E-state index < -0.39 is 15.8 Å². The smallest absolute Gasteiger partial charge is 0.281 e. The number of benzene rings is 1. The maximum Gasteiger partial charge on any atom is 0.281 e. The monoisotopic (exact) mass is 425 g/mol. The molecular formula is C20H31N3O5S. The Morgan fingerprint density at radius 3 is 2.72 bits per heavy atom. The summed E-state index contributed by atoms with van der Waals surface area (Å²) in [6, 6.07) is 5.40. The number of methoxy groups -OCH3 is 1. The van der Waals surface area contributed by atoms with Crippen molar-refractivity contribution in [2.24, 2.45) is 5.92 Å². The highest BCUT2D eigenvalue weighted by Crippen LogP contribution is 2.41. The van der Waals surface area contributed by atoms with Gasteiger partial charge in [-0.1, -0.05) is 0 Å². The van der Waals surface area contributed by atoms with Crippen molar-refractivity contribution in [2.75, 3.05) is 34.3 Å². The molecule has 1 fully saturated rings. The quantitative estimate of drug-likeness (QED) is 0.779. The van der Waals surface area contributed by atoms with Gasteiger partial charge in [0.25, 0.3) is 10.2 Å². The van der Waals surface area contributed by atoms with Crippen molar-refractivity contribution >= 4 is 16.1 Å². The third kappa shape index (κ3) is 4.67. The zero-order valence-electron chi connectivity index (χ0n) is 17.8. The van der Waals surface area contributed by atoms with Gasteiger partial charge in [0.1, 0.15) is 17.1 Å². The highest BCUT2D eigenvalue weighted by molar-refractivity contribution is 7.86. The summed E-state index contributed by atoms with van der Waals surface area (Å²) in [6.07, 6.45) is 1.97. The molecule has 29 heavy (non-hydrogen) atoms. The Balaban J connectivity index is 1.77. The van der Waals surface area contributed by atoms with Crippen LogP contribution in [0.25, 0.3) is 0 Å². The molecular weight excluding hydrogens is 394 g/mol. The number of nitrogens with one attached hydrogen (secondary N) is 1. The minimum Gasteiger partial charge on any atom is -0.497 e. The van der Waals surface area contributed by atoms with Gasteiger partial charge in [-0.25, -0.2) is 0 Å². The number of rotatable bonds is 5. The standard InChI is InChI=1S/C20H31N3O5S/c1-20(2)12-17(16-9-8-15(27-5)11-18(16)28-20)21-19(24)14-7-6-10-23(13-14)29(25,26)22(3)4/h8-9,11,14,17H,6-7,10,12-13H2,1-5H3,(H,21,24)/t14-,17-/m0/s1. The van der Waals surface area contributed by atoms with Gasteiger partial charge >= 0.3 is 0 Å². The van der Waals surface area contributed by atoms with Crippen LogP contribution in [-0.4, -0.2) is 62.8 Å². The van der Waals surface area contributed by atoms with E-state index in [1.54, 1.807) is 7.11 Å². The number of hydrogen-bond donors (Lipinski definition) is 1. The van der Waals surface area contributed by atoms with Crippen molar-refractivity contribution in [1.29, 1.82) is 0 Å². The van der Waals surface area contributed by atoms with Gasteiger partial charge in [0, 0.05) is 45.2 Å². The summed E-state index contributed by atoms with van der Waals surface area (Å²) in [5.74, 6) is 0.911. The van der Waals surface area contributed by atoms with Gasteiger partial charge in [0.15, 0.2) is 0 Å². The topological polar surface area (TPSA) is 88.2 Å². The van der Waals surface area contributed by atoms with Crippen LogP contribution in [0.4, 0.5) is 0 Å². The molecule has 0 spiro atoms. The van der Waals surface area contributed by atoms with Crippen molar-refractivity contribution in [3.8, 4) is 11.5 Å². The van der Waals surface area contributed by atoms with Gasteiger partial charge in [-0.05, 0) is 38.8 Å². The van der Waals surface area contributed by atoms with E-state index in [9.17, 15) is 13.2 Å². The molecule has 1 saturated heterocycles. The molecule has 0 saturated carbocycles. The Kier molecular flexibility index (Phi) is 6.12. The average molecular weight is 426 g/mol. The van der Waals surface area contributed by atoms with Gasteiger partial charge in [0.05, 0.1) is 19.1 Å². The molecule has 1 aromatic rings. The third-order valence-electron chi connectivity index (χ3n) is 5.54. The fraction of sp³-hybridized carbons (Fsp3) is 0.650. The van der Waals surface area contributed by atoms with Gasteiger partial charge < -0.3 is 14.8 Å². The zero-order chi connectivity index (χ0) is 21.4. The average Bonchev–Trinajstić information content (AvgIpc) is 2.66. The summed E-state index contributed by atoms with van der Waals surface area (Å²) in [4.78, 5) is 13.0. The Labute approximate surface area is 173 Å².